The molecule has 1 aliphatic rings. The Morgan fingerprint density at radius 3 is 2.80 bits per heavy atom. The first-order chi connectivity index (χ1) is 17.0. The number of aryl methyl sites for hydroxylation is 2. The number of pyridine rings is 1. The molecule has 0 saturated carbocycles. The zero-order valence-electron chi connectivity index (χ0n) is 20.2. The molecule has 9 heteroatoms. The number of nitrogens with one attached hydrogen (secondary N) is 3. The van der Waals surface area contributed by atoms with Gasteiger partial charge in [0.25, 0.3) is 0 Å². The zero-order valence-corrected chi connectivity index (χ0v) is 20.2. The molecule has 2 aromatic heterocycles. The molecule has 0 spiro atoms. The molecular formula is C26H30N6O3. The average Bonchev–Trinajstić information content (AvgIpc) is 3.08. The molecule has 35 heavy (non-hydrogen) atoms. The van der Waals surface area contributed by atoms with Crippen LogP contribution in [-0.4, -0.2) is 47.7 Å². The number of aromatic nitrogens is 3. The van der Waals surface area contributed by atoms with Crippen molar-refractivity contribution in [3.63, 3.8) is 0 Å². The van der Waals surface area contributed by atoms with Crippen LogP contribution < -0.4 is 20.7 Å². The van der Waals surface area contributed by atoms with Crippen LogP contribution in [-0.2, 0) is 9.53 Å². The Morgan fingerprint density at radius 2 is 2.03 bits per heavy atom. The minimum Gasteiger partial charge on any atom is -0.455 e. The van der Waals surface area contributed by atoms with Gasteiger partial charge >= 0.3 is 0 Å². The number of methoxy groups -OCH3 is 1. The lowest BCUT2D eigenvalue weighted by Crippen LogP contribution is -2.27. The van der Waals surface area contributed by atoms with Gasteiger partial charge in [0.05, 0.1) is 11.8 Å². The summed E-state index contributed by atoms with van der Waals surface area (Å²) < 4.78 is 11.0. The first kappa shape index (κ1) is 24.2. The highest BCUT2D eigenvalue weighted by molar-refractivity contribution is 6.00. The fourth-order valence-electron chi connectivity index (χ4n) is 3.67. The molecule has 9 nitrogen and oxygen atoms in total. The van der Waals surface area contributed by atoms with Gasteiger partial charge in [-0.05, 0) is 68.7 Å². The molecule has 3 aromatic rings. The summed E-state index contributed by atoms with van der Waals surface area (Å²) in [6.45, 7) is 5.70. The molecule has 0 fully saturated rings. The number of anilines is 3. The van der Waals surface area contributed by atoms with E-state index in [1.54, 1.807) is 13.3 Å². The number of nitrogens with zero attached hydrogens (tertiary/aromatic N) is 3. The van der Waals surface area contributed by atoms with Crippen molar-refractivity contribution in [1.82, 2.24) is 20.3 Å². The van der Waals surface area contributed by atoms with E-state index in [-0.39, 0.29) is 5.91 Å². The van der Waals surface area contributed by atoms with E-state index in [9.17, 15) is 4.79 Å². The largest absolute Gasteiger partial charge is 0.455 e. The fraction of sp³-hybridized carbons (Fsp3) is 0.308. The first-order valence-electron chi connectivity index (χ1n) is 11.6. The van der Waals surface area contributed by atoms with E-state index in [1.807, 2.05) is 50.3 Å². The van der Waals surface area contributed by atoms with Crippen molar-refractivity contribution >= 4 is 29.3 Å². The Kier molecular flexibility index (Phi) is 7.89. The molecule has 0 unspecified atom stereocenters. The van der Waals surface area contributed by atoms with Crippen LogP contribution in [0.2, 0.25) is 0 Å². The summed E-state index contributed by atoms with van der Waals surface area (Å²) in [7, 11) is 1.65. The number of hydrogen-bond acceptors (Lipinski definition) is 8. The molecule has 0 saturated heterocycles. The van der Waals surface area contributed by atoms with E-state index in [0.717, 1.165) is 34.7 Å². The Bertz CT molecular complexity index is 1210. The number of benzene rings is 1. The third kappa shape index (κ3) is 6.33. The second kappa shape index (κ2) is 11.4. The van der Waals surface area contributed by atoms with Crippen LogP contribution in [0.4, 0.5) is 17.3 Å². The summed E-state index contributed by atoms with van der Waals surface area (Å²) in [4.78, 5) is 25.8. The number of carbonyl (C=O) groups excluding carboxylic acids is 1. The van der Waals surface area contributed by atoms with E-state index in [1.165, 1.54) is 6.33 Å². The number of carbonyl (C=O) groups is 1. The van der Waals surface area contributed by atoms with Gasteiger partial charge in [0.2, 0.25) is 5.91 Å². The molecule has 4 rings (SSSR count). The van der Waals surface area contributed by atoms with Gasteiger partial charge in [0, 0.05) is 43.8 Å². The summed E-state index contributed by atoms with van der Waals surface area (Å²) in [5.74, 6) is 2.65. The van der Waals surface area contributed by atoms with E-state index >= 15 is 0 Å². The molecule has 3 N–H and O–H groups in total. The lowest BCUT2D eigenvalue weighted by Gasteiger charge is -2.14. The molecule has 1 aromatic carbocycles. The van der Waals surface area contributed by atoms with Gasteiger partial charge in [0.1, 0.15) is 29.5 Å². The smallest absolute Gasteiger partial charge is 0.247 e. The van der Waals surface area contributed by atoms with Crippen LogP contribution in [0.5, 0.6) is 11.5 Å². The second-order valence-corrected chi connectivity index (χ2v) is 8.28. The SMILES string of the molecule is COCCCNC(=O)C1=Cc2c(ncnc2Nc2ccc(Oc3ccc(C)nc3)c(C)c2)NCC1. The first-order valence-corrected chi connectivity index (χ1v) is 11.6. The lowest BCUT2D eigenvalue weighted by molar-refractivity contribution is -0.117. The summed E-state index contributed by atoms with van der Waals surface area (Å²) in [5.41, 5.74) is 4.17. The van der Waals surface area contributed by atoms with Crippen molar-refractivity contribution in [3.8, 4) is 11.5 Å². The van der Waals surface area contributed by atoms with Crippen molar-refractivity contribution < 1.29 is 14.3 Å². The van der Waals surface area contributed by atoms with Gasteiger partial charge in [0.15, 0.2) is 0 Å². The molecule has 182 valence electrons. The van der Waals surface area contributed by atoms with Crippen LogP contribution in [0.25, 0.3) is 6.08 Å². The summed E-state index contributed by atoms with van der Waals surface area (Å²) in [5, 5.41) is 9.62. The Labute approximate surface area is 205 Å². The van der Waals surface area contributed by atoms with Gasteiger partial charge in [-0.2, -0.15) is 0 Å². The normalized spacial score (nSPS) is 12.6. The fourth-order valence-corrected chi connectivity index (χ4v) is 3.67. The highest BCUT2D eigenvalue weighted by Crippen LogP contribution is 2.31. The lowest BCUT2D eigenvalue weighted by atomic mass is 10.1. The van der Waals surface area contributed by atoms with Crippen molar-refractivity contribution in [3.05, 3.63) is 65.2 Å². The molecule has 3 heterocycles. The number of hydrogen-bond donors (Lipinski definition) is 3. The predicted molar refractivity (Wildman–Crippen MR) is 136 cm³/mol. The maximum atomic E-state index is 12.7. The number of rotatable bonds is 9. The van der Waals surface area contributed by atoms with Crippen LogP contribution in [0.3, 0.4) is 0 Å². The van der Waals surface area contributed by atoms with Gasteiger partial charge < -0.3 is 25.4 Å². The summed E-state index contributed by atoms with van der Waals surface area (Å²) in [6.07, 6.45) is 6.43. The van der Waals surface area contributed by atoms with Crippen LogP contribution in [0.15, 0.2) is 48.4 Å². The van der Waals surface area contributed by atoms with Crippen LogP contribution >= 0.6 is 0 Å². The maximum absolute atomic E-state index is 12.7. The quantitative estimate of drug-likeness (QED) is 0.392. The van der Waals surface area contributed by atoms with Crippen molar-refractivity contribution in [1.29, 1.82) is 0 Å². The van der Waals surface area contributed by atoms with Crippen molar-refractivity contribution in [2.75, 3.05) is 37.4 Å². The molecule has 0 radical (unpaired) electrons. The minimum absolute atomic E-state index is 0.0894. The van der Waals surface area contributed by atoms with Crippen molar-refractivity contribution in [2.24, 2.45) is 0 Å². The second-order valence-electron chi connectivity index (χ2n) is 8.28. The number of amides is 1. The Hall–Kier alpha value is -3.98. The Balaban J connectivity index is 1.52. The van der Waals surface area contributed by atoms with Gasteiger partial charge in [-0.25, -0.2) is 9.97 Å². The molecule has 0 bridgehead atoms. The summed E-state index contributed by atoms with van der Waals surface area (Å²) in [6, 6.07) is 9.63. The van der Waals surface area contributed by atoms with E-state index < -0.39 is 0 Å². The predicted octanol–water partition coefficient (Wildman–Crippen LogP) is 4.38. The molecule has 1 aliphatic heterocycles. The molecule has 0 atom stereocenters. The minimum atomic E-state index is -0.0894. The zero-order chi connectivity index (χ0) is 24.6. The third-order valence-electron chi connectivity index (χ3n) is 5.54. The van der Waals surface area contributed by atoms with Crippen LogP contribution in [0, 0.1) is 13.8 Å². The van der Waals surface area contributed by atoms with Crippen LogP contribution in [0.1, 0.15) is 29.7 Å². The third-order valence-corrected chi connectivity index (χ3v) is 5.54. The van der Waals surface area contributed by atoms with E-state index in [0.29, 0.717) is 49.1 Å². The average molecular weight is 475 g/mol. The molecule has 1 amide bonds. The number of ether oxygens (including phenoxy) is 2. The van der Waals surface area contributed by atoms with Crippen molar-refractivity contribution in [2.45, 2.75) is 26.7 Å². The van der Waals surface area contributed by atoms with Gasteiger partial charge in [-0.1, -0.05) is 0 Å². The molecular weight excluding hydrogens is 444 g/mol. The summed E-state index contributed by atoms with van der Waals surface area (Å²) >= 11 is 0. The van der Waals surface area contributed by atoms with Gasteiger partial charge in [-0.3, -0.25) is 9.78 Å². The van der Waals surface area contributed by atoms with Gasteiger partial charge in [-0.15, -0.1) is 0 Å². The standard InChI is InChI=1S/C26H30N6O3/c1-17-13-20(6-8-23(17)35-21-7-5-18(2)29-15-21)32-25-22-14-19(26(33)28-10-4-12-34-3)9-11-27-24(22)30-16-31-25/h5-8,13-16H,4,9-12H2,1-3H3,(H,28,33)(H2,27,30,31,32). The number of fused-ring (bicyclic) bond motifs is 1. The van der Waals surface area contributed by atoms with E-state index in [2.05, 4.69) is 30.9 Å². The highest BCUT2D eigenvalue weighted by Gasteiger charge is 2.18. The topological polar surface area (TPSA) is 110 Å². The van der Waals surface area contributed by atoms with E-state index in [4.69, 9.17) is 9.47 Å². The highest BCUT2D eigenvalue weighted by atomic mass is 16.5. The Morgan fingerprint density at radius 1 is 1.14 bits per heavy atom. The molecule has 0 aliphatic carbocycles. The maximum Gasteiger partial charge on any atom is 0.247 e. The monoisotopic (exact) mass is 474 g/mol.